The lowest BCUT2D eigenvalue weighted by Gasteiger charge is -2.52. The molecule has 0 amide bonds. The Morgan fingerprint density at radius 3 is 2.41 bits per heavy atom. The van der Waals surface area contributed by atoms with Crippen LogP contribution < -0.4 is 0 Å². The van der Waals surface area contributed by atoms with Crippen LogP contribution in [-0.2, 0) is 9.47 Å². The highest BCUT2D eigenvalue weighted by Gasteiger charge is 2.80. The molecule has 9 nitrogen and oxygen atoms in total. The first kappa shape index (κ1) is 18.9. The number of nitro groups is 1. The van der Waals surface area contributed by atoms with Crippen molar-refractivity contribution in [1.82, 2.24) is 0 Å². The summed E-state index contributed by atoms with van der Waals surface area (Å²) in [7, 11) is 0. The van der Waals surface area contributed by atoms with Crippen LogP contribution in [-0.4, -0.2) is 16.6 Å². The van der Waals surface area contributed by atoms with Crippen LogP contribution in [0.3, 0.4) is 0 Å². The van der Waals surface area contributed by atoms with Crippen LogP contribution in [0.25, 0.3) is 0 Å². The topological polar surface area (TPSA) is 157 Å². The van der Waals surface area contributed by atoms with Gasteiger partial charge in [0.25, 0.3) is 5.69 Å². The first-order valence-electron chi connectivity index (χ1n) is 9.24. The summed E-state index contributed by atoms with van der Waals surface area (Å²) in [6, 6.07) is 11.4. The quantitative estimate of drug-likeness (QED) is 0.598. The van der Waals surface area contributed by atoms with E-state index in [0.29, 0.717) is 18.4 Å². The standard InChI is InChI=1S/C20H17N5O4/c1-12-6-7-20-15(8-12)19(11-23,17(24)29-20)18(9-21,10-22)16(28-20)13-2-4-14(5-3-13)25(26)27/h2-5,12,15-16,24H,6-8H2,1H3. The summed E-state index contributed by atoms with van der Waals surface area (Å²) < 4.78 is 12.1. The van der Waals surface area contributed by atoms with E-state index < -0.39 is 39.5 Å². The molecule has 4 rings (SSSR count). The van der Waals surface area contributed by atoms with E-state index >= 15 is 0 Å². The predicted octanol–water partition coefficient (Wildman–Crippen LogP) is 3.35. The van der Waals surface area contributed by atoms with Crippen molar-refractivity contribution in [1.29, 1.82) is 21.2 Å². The molecule has 29 heavy (non-hydrogen) atoms. The number of nitriles is 3. The Balaban J connectivity index is 1.94. The third-order valence-electron chi connectivity index (χ3n) is 6.58. The molecule has 1 aliphatic carbocycles. The van der Waals surface area contributed by atoms with E-state index in [4.69, 9.17) is 14.9 Å². The summed E-state index contributed by atoms with van der Waals surface area (Å²) in [6.45, 7) is 2.02. The minimum Gasteiger partial charge on any atom is -0.447 e. The van der Waals surface area contributed by atoms with Gasteiger partial charge in [0.2, 0.25) is 17.1 Å². The van der Waals surface area contributed by atoms with E-state index in [0.717, 1.165) is 6.42 Å². The van der Waals surface area contributed by atoms with Crippen LogP contribution in [0.2, 0.25) is 0 Å². The average molecular weight is 391 g/mol. The monoisotopic (exact) mass is 391 g/mol. The number of nitro benzene ring substituents is 1. The summed E-state index contributed by atoms with van der Waals surface area (Å²) in [5, 5.41) is 49.9. The first-order valence-corrected chi connectivity index (χ1v) is 9.24. The second-order valence-electron chi connectivity index (χ2n) is 7.97. The van der Waals surface area contributed by atoms with E-state index in [1.54, 1.807) is 0 Å². The highest BCUT2D eigenvalue weighted by molar-refractivity contribution is 5.89. The van der Waals surface area contributed by atoms with Crippen molar-refractivity contribution in [2.24, 2.45) is 22.7 Å². The molecule has 2 heterocycles. The molecule has 2 bridgehead atoms. The third kappa shape index (κ3) is 2.12. The predicted molar refractivity (Wildman–Crippen MR) is 96.7 cm³/mol. The molecule has 0 aromatic heterocycles. The molecule has 1 aromatic rings. The van der Waals surface area contributed by atoms with Crippen molar-refractivity contribution in [3.63, 3.8) is 0 Å². The fourth-order valence-electron chi connectivity index (χ4n) is 5.10. The fraction of sp³-hybridized carbons (Fsp3) is 0.500. The van der Waals surface area contributed by atoms with Crippen molar-refractivity contribution in [2.45, 2.75) is 38.1 Å². The van der Waals surface area contributed by atoms with Crippen molar-refractivity contribution in [2.75, 3.05) is 0 Å². The number of non-ortho nitro benzene ring substituents is 1. The zero-order valence-electron chi connectivity index (χ0n) is 15.6. The fourth-order valence-corrected chi connectivity index (χ4v) is 5.10. The maximum atomic E-state index is 11.0. The number of rotatable bonds is 2. The van der Waals surface area contributed by atoms with Gasteiger partial charge in [-0.3, -0.25) is 15.5 Å². The third-order valence-corrected chi connectivity index (χ3v) is 6.58. The van der Waals surface area contributed by atoms with Gasteiger partial charge in [-0.05, 0) is 36.5 Å². The average Bonchev–Trinajstić information content (AvgIpc) is 2.92. The maximum Gasteiger partial charge on any atom is 0.269 e. The largest absolute Gasteiger partial charge is 0.447 e. The number of hydrogen-bond donors (Lipinski definition) is 1. The smallest absolute Gasteiger partial charge is 0.269 e. The lowest BCUT2D eigenvalue weighted by molar-refractivity contribution is -0.384. The zero-order valence-corrected chi connectivity index (χ0v) is 15.6. The molecule has 0 radical (unpaired) electrons. The molecule has 3 fully saturated rings. The summed E-state index contributed by atoms with van der Waals surface area (Å²) in [5.41, 5.74) is -3.60. The van der Waals surface area contributed by atoms with E-state index in [2.05, 4.69) is 6.07 Å². The highest BCUT2D eigenvalue weighted by atomic mass is 16.7. The van der Waals surface area contributed by atoms with E-state index in [1.807, 2.05) is 19.1 Å². The summed E-state index contributed by atoms with van der Waals surface area (Å²) in [5.74, 6) is -2.07. The van der Waals surface area contributed by atoms with Crippen LogP contribution in [0.5, 0.6) is 0 Å². The number of hydrogen-bond acceptors (Lipinski definition) is 8. The normalized spacial score (nSPS) is 36.6. The SMILES string of the molecule is CC1CCC23OC(=N)C(C#N)(C2C1)C(C#N)(C#N)C(c1ccc([N+](=O)[O-])cc1)O3. The Labute approximate surface area is 166 Å². The molecule has 2 aliphatic heterocycles. The molecular formula is C20H17N5O4. The molecule has 1 aromatic carbocycles. The second kappa shape index (κ2) is 6.01. The van der Waals surface area contributed by atoms with Crippen molar-refractivity contribution in [3.05, 3.63) is 39.9 Å². The zero-order chi connectivity index (χ0) is 21.0. The van der Waals surface area contributed by atoms with Crippen molar-refractivity contribution < 1.29 is 14.4 Å². The van der Waals surface area contributed by atoms with Crippen LogP contribution >= 0.6 is 0 Å². The van der Waals surface area contributed by atoms with Crippen LogP contribution in [0.15, 0.2) is 24.3 Å². The van der Waals surface area contributed by atoms with Crippen molar-refractivity contribution >= 4 is 11.6 Å². The minimum absolute atomic E-state index is 0.145. The van der Waals surface area contributed by atoms with Gasteiger partial charge < -0.3 is 9.47 Å². The summed E-state index contributed by atoms with van der Waals surface area (Å²) >= 11 is 0. The van der Waals surface area contributed by atoms with E-state index in [1.165, 1.54) is 24.3 Å². The van der Waals surface area contributed by atoms with Crippen LogP contribution in [0, 0.1) is 72.2 Å². The van der Waals surface area contributed by atoms with Gasteiger partial charge in [0.15, 0.2) is 5.41 Å². The molecule has 1 N–H and O–H groups in total. The van der Waals surface area contributed by atoms with Gasteiger partial charge >= 0.3 is 0 Å². The molecule has 146 valence electrons. The number of benzene rings is 1. The van der Waals surface area contributed by atoms with E-state index in [9.17, 15) is 25.9 Å². The second-order valence-corrected chi connectivity index (χ2v) is 7.97. The highest BCUT2D eigenvalue weighted by Crippen LogP contribution is 2.69. The molecule has 2 saturated heterocycles. The number of nitrogens with one attached hydrogen (secondary N) is 1. The van der Waals surface area contributed by atoms with Crippen LogP contribution in [0.4, 0.5) is 5.69 Å². The maximum absolute atomic E-state index is 11.0. The lowest BCUT2D eigenvalue weighted by Crippen LogP contribution is -2.60. The summed E-state index contributed by atoms with van der Waals surface area (Å²) in [6.07, 6.45) is 0.491. The molecule has 5 atom stereocenters. The molecule has 9 heteroatoms. The number of ether oxygens (including phenoxy) is 2. The van der Waals surface area contributed by atoms with Gasteiger partial charge in [0.05, 0.1) is 29.0 Å². The van der Waals surface area contributed by atoms with Gasteiger partial charge in [-0.1, -0.05) is 6.92 Å². The van der Waals surface area contributed by atoms with Crippen LogP contribution in [0.1, 0.15) is 37.9 Å². The van der Waals surface area contributed by atoms with E-state index in [-0.39, 0.29) is 11.6 Å². The molecule has 0 spiro atoms. The Hall–Kier alpha value is -3.48. The van der Waals surface area contributed by atoms with Gasteiger partial charge in [-0.2, -0.15) is 15.8 Å². The minimum atomic E-state index is -2.03. The molecular weight excluding hydrogens is 374 g/mol. The van der Waals surface area contributed by atoms with Gasteiger partial charge in [-0.15, -0.1) is 0 Å². The van der Waals surface area contributed by atoms with Gasteiger partial charge in [0, 0.05) is 18.6 Å². The molecule has 5 unspecified atom stereocenters. The first-order chi connectivity index (χ1) is 13.8. The van der Waals surface area contributed by atoms with Gasteiger partial charge in [0.1, 0.15) is 6.10 Å². The molecule has 3 aliphatic rings. The van der Waals surface area contributed by atoms with Gasteiger partial charge in [-0.25, -0.2) is 0 Å². The summed E-state index contributed by atoms with van der Waals surface area (Å²) in [4.78, 5) is 10.4. The Morgan fingerprint density at radius 1 is 1.21 bits per heavy atom. The lowest BCUT2D eigenvalue weighted by atomic mass is 9.50. The molecule has 1 saturated carbocycles. The Kier molecular flexibility index (Phi) is 3.91. The van der Waals surface area contributed by atoms with Crippen molar-refractivity contribution in [3.8, 4) is 18.2 Å². The Bertz CT molecular complexity index is 1020. The number of nitrogens with zero attached hydrogens (tertiary/aromatic N) is 4. The Morgan fingerprint density at radius 2 is 1.86 bits per heavy atom.